The number of nitrogens with one attached hydrogen (secondary N) is 2. The number of hydrogen-bond donors (Lipinski definition) is 2. The van der Waals surface area contributed by atoms with E-state index in [0.29, 0.717) is 0 Å². The zero-order valence-electron chi connectivity index (χ0n) is 14.8. The van der Waals surface area contributed by atoms with Gasteiger partial charge in [0.2, 0.25) is 0 Å². The minimum Gasteiger partial charge on any atom is -0.457 e. The van der Waals surface area contributed by atoms with Crippen molar-refractivity contribution >= 4 is 22.7 Å². The van der Waals surface area contributed by atoms with Crippen molar-refractivity contribution in [2.45, 2.75) is 0 Å². The average molecular weight is 352 g/mol. The van der Waals surface area contributed by atoms with Crippen LogP contribution in [0, 0.1) is 0 Å². The highest BCUT2D eigenvalue weighted by molar-refractivity contribution is 5.63. The zero-order valence-corrected chi connectivity index (χ0v) is 14.8. The van der Waals surface area contributed by atoms with E-state index in [1.54, 1.807) is 0 Å². The molecule has 0 aliphatic carbocycles. The summed E-state index contributed by atoms with van der Waals surface area (Å²) in [6.45, 7) is 0. The SMILES string of the molecule is c1ccc(Nc2cccc(Oc3cccc(Nc4ccccc4)c3)c2)cc1. The van der Waals surface area contributed by atoms with Crippen LogP contribution in [0.3, 0.4) is 0 Å². The van der Waals surface area contributed by atoms with Crippen molar-refractivity contribution in [3.8, 4) is 11.5 Å². The molecule has 0 saturated carbocycles. The number of hydrogen-bond acceptors (Lipinski definition) is 3. The Hall–Kier alpha value is -3.72. The first-order valence-corrected chi connectivity index (χ1v) is 8.87. The minimum absolute atomic E-state index is 0.785. The van der Waals surface area contributed by atoms with Crippen LogP contribution in [-0.4, -0.2) is 0 Å². The summed E-state index contributed by atoms with van der Waals surface area (Å²) in [6, 6.07) is 36.1. The van der Waals surface area contributed by atoms with Gasteiger partial charge in [-0.25, -0.2) is 0 Å². The van der Waals surface area contributed by atoms with Crippen LogP contribution in [0.25, 0.3) is 0 Å². The molecule has 0 heterocycles. The number of rotatable bonds is 6. The number of benzene rings is 4. The van der Waals surface area contributed by atoms with Crippen molar-refractivity contribution in [2.24, 2.45) is 0 Å². The van der Waals surface area contributed by atoms with E-state index in [2.05, 4.69) is 10.6 Å². The Labute approximate surface area is 159 Å². The smallest absolute Gasteiger partial charge is 0.129 e. The van der Waals surface area contributed by atoms with Gasteiger partial charge in [0.05, 0.1) is 0 Å². The maximum absolute atomic E-state index is 6.06. The quantitative estimate of drug-likeness (QED) is 0.393. The molecular formula is C24H20N2O. The van der Waals surface area contributed by atoms with Gasteiger partial charge in [0, 0.05) is 34.9 Å². The molecule has 0 radical (unpaired) electrons. The molecule has 0 amide bonds. The second-order valence-corrected chi connectivity index (χ2v) is 6.14. The first-order valence-electron chi connectivity index (χ1n) is 8.87. The van der Waals surface area contributed by atoms with Gasteiger partial charge < -0.3 is 15.4 Å². The van der Waals surface area contributed by atoms with Crippen LogP contribution in [0.2, 0.25) is 0 Å². The maximum atomic E-state index is 6.06. The summed E-state index contributed by atoms with van der Waals surface area (Å²) in [5.74, 6) is 1.57. The van der Waals surface area contributed by atoms with Gasteiger partial charge in [0.25, 0.3) is 0 Å². The summed E-state index contributed by atoms with van der Waals surface area (Å²) in [5.41, 5.74) is 4.06. The van der Waals surface area contributed by atoms with Crippen molar-refractivity contribution in [1.82, 2.24) is 0 Å². The molecule has 132 valence electrons. The van der Waals surface area contributed by atoms with E-state index < -0.39 is 0 Å². The van der Waals surface area contributed by atoms with Gasteiger partial charge in [-0.05, 0) is 48.5 Å². The Morgan fingerprint density at radius 2 is 0.815 bits per heavy atom. The zero-order chi connectivity index (χ0) is 18.3. The highest BCUT2D eigenvalue weighted by Crippen LogP contribution is 2.28. The van der Waals surface area contributed by atoms with Gasteiger partial charge in [-0.2, -0.15) is 0 Å². The molecule has 0 atom stereocenters. The molecule has 4 aromatic carbocycles. The van der Waals surface area contributed by atoms with Gasteiger partial charge in [-0.15, -0.1) is 0 Å². The predicted octanol–water partition coefficient (Wildman–Crippen LogP) is 6.97. The van der Waals surface area contributed by atoms with Crippen LogP contribution in [0.4, 0.5) is 22.7 Å². The van der Waals surface area contributed by atoms with Crippen LogP contribution in [0.15, 0.2) is 109 Å². The molecular weight excluding hydrogens is 332 g/mol. The number of ether oxygens (including phenoxy) is 1. The van der Waals surface area contributed by atoms with Crippen LogP contribution in [0.5, 0.6) is 11.5 Å². The van der Waals surface area contributed by atoms with Gasteiger partial charge in [0.1, 0.15) is 11.5 Å². The lowest BCUT2D eigenvalue weighted by molar-refractivity contribution is 0.483. The molecule has 0 aliphatic heterocycles. The molecule has 4 rings (SSSR count). The van der Waals surface area contributed by atoms with Crippen LogP contribution in [-0.2, 0) is 0 Å². The number of para-hydroxylation sites is 2. The fraction of sp³-hybridized carbons (Fsp3) is 0. The molecule has 0 unspecified atom stereocenters. The maximum Gasteiger partial charge on any atom is 0.129 e. The first-order chi connectivity index (χ1) is 13.3. The summed E-state index contributed by atoms with van der Waals surface area (Å²) in [5, 5.41) is 6.76. The fourth-order valence-corrected chi connectivity index (χ4v) is 2.79. The van der Waals surface area contributed by atoms with E-state index in [4.69, 9.17) is 4.74 Å². The molecule has 0 spiro atoms. The van der Waals surface area contributed by atoms with Crippen LogP contribution in [0.1, 0.15) is 0 Å². The van der Waals surface area contributed by atoms with E-state index in [0.717, 1.165) is 34.2 Å². The highest BCUT2D eigenvalue weighted by Gasteiger charge is 2.02. The molecule has 0 fully saturated rings. The largest absolute Gasteiger partial charge is 0.457 e. The summed E-state index contributed by atoms with van der Waals surface area (Å²) in [6.07, 6.45) is 0. The molecule has 27 heavy (non-hydrogen) atoms. The topological polar surface area (TPSA) is 33.3 Å². The van der Waals surface area contributed by atoms with E-state index in [1.807, 2.05) is 109 Å². The Morgan fingerprint density at radius 1 is 0.407 bits per heavy atom. The monoisotopic (exact) mass is 352 g/mol. The highest BCUT2D eigenvalue weighted by atomic mass is 16.5. The Bertz CT molecular complexity index is 918. The van der Waals surface area contributed by atoms with Gasteiger partial charge in [0.15, 0.2) is 0 Å². The normalized spacial score (nSPS) is 10.2. The summed E-state index contributed by atoms with van der Waals surface area (Å²) >= 11 is 0. The molecule has 0 aromatic heterocycles. The lowest BCUT2D eigenvalue weighted by atomic mass is 10.2. The molecule has 0 saturated heterocycles. The van der Waals surface area contributed by atoms with Crippen molar-refractivity contribution in [2.75, 3.05) is 10.6 Å². The lowest BCUT2D eigenvalue weighted by Gasteiger charge is -2.11. The van der Waals surface area contributed by atoms with Crippen LogP contribution < -0.4 is 15.4 Å². The third-order valence-electron chi connectivity index (χ3n) is 4.03. The average Bonchev–Trinajstić information content (AvgIpc) is 2.70. The molecule has 2 N–H and O–H groups in total. The molecule has 0 aliphatic rings. The molecule has 4 aromatic rings. The standard InChI is InChI=1S/C24H20N2O/c1-3-9-19(10-4-1)25-21-13-7-15-23(17-21)27-24-16-8-14-22(18-24)26-20-11-5-2-6-12-20/h1-18,25-26H. The van der Waals surface area contributed by atoms with Crippen LogP contribution >= 0.6 is 0 Å². The molecule has 0 bridgehead atoms. The third-order valence-corrected chi connectivity index (χ3v) is 4.03. The Balaban J connectivity index is 1.47. The van der Waals surface area contributed by atoms with E-state index in [9.17, 15) is 0 Å². The van der Waals surface area contributed by atoms with E-state index >= 15 is 0 Å². The summed E-state index contributed by atoms with van der Waals surface area (Å²) in [4.78, 5) is 0. The van der Waals surface area contributed by atoms with Crippen molar-refractivity contribution in [3.63, 3.8) is 0 Å². The third kappa shape index (κ3) is 4.67. The predicted molar refractivity (Wildman–Crippen MR) is 112 cm³/mol. The summed E-state index contributed by atoms with van der Waals surface area (Å²) in [7, 11) is 0. The van der Waals surface area contributed by atoms with E-state index in [-0.39, 0.29) is 0 Å². The summed E-state index contributed by atoms with van der Waals surface area (Å²) < 4.78 is 6.06. The molecule has 3 heteroatoms. The first kappa shape index (κ1) is 16.7. The minimum atomic E-state index is 0.785. The second kappa shape index (κ2) is 8.11. The second-order valence-electron chi connectivity index (χ2n) is 6.14. The lowest BCUT2D eigenvalue weighted by Crippen LogP contribution is -1.92. The van der Waals surface area contributed by atoms with Crippen molar-refractivity contribution < 1.29 is 4.74 Å². The van der Waals surface area contributed by atoms with Gasteiger partial charge in [-0.1, -0.05) is 48.5 Å². The number of anilines is 4. The fourth-order valence-electron chi connectivity index (χ4n) is 2.79. The molecule has 3 nitrogen and oxygen atoms in total. The Kier molecular flexibility index (Phi) is 5.02. The van der Waals surface area contributed by atoms with Gasteiger partial charge in [-0.3, -0.25) is 0 Å². The Morgan fingerprint density at radius 3 is 1.26 bits per heavy atom. The van der Waals surface area contributed by atoms with Crippen molar-refractivity contribution in [1.29, 1.82) is 0 Å². The van der Waals surface area contributed by atoms with E-state index in [1.165, 1.54) is 0 Å². The van der Waals surface area contributed by atoms with Crippen molar-refractivity contribution in [3.05, 3.63) is 109 Å². The van der Waals surface area contributed by atoms with Gasteiger partial charge >= 0.3 is 0 Å².